The van der Waals surface area contributed by atoms with Gasteiger partial charge in [0.05, 0.1) is 22.8 Å². The summed E-state index contributed by atoms with van der Waals surface area (Å²) >= 11 is 0. The van der Waals surface area contributed by atoms with E-state index in [4.69, 9.17) is 40.6 Å². The van der Waals surface area contributed by atoms with E-state index in [-0.39, 0.29) is 12.8 Å². The summed E-state index contributed by atoms with van der Waals surface area (Å²) in [5.41, 5.74) is 13.7. The van der Waals surface area contributed by atoms with E-state index in [0.717, 1.165) is 83.7 Å². The summed E-state index contributed by atoms with van der Waals surface area (Å²) in [4.78, 5) is 62.0. The number of aryl methyl sites for hydroxylation is 3. The maximum Gasteiger partial charge on any atom is 0.303 e. The molecule has 5 rings (SSSR count). The fourth-order valence-corrected chi connectivity index (χ4v) is 6.37. The van der Waals surface area contributed by atoms with Gasteiger partial charge in [0.25, 0.3) is 11.8 Å². The first-order chi connectivity index (χ1) is 28.5. The standard InChI is InChI=1S/C34H34N4O4.2C4H9NO4/c1-7-21-17(3)25-13-26-19(5)23(9-11-33(39)40)31(37-26)16-32-24(10-12-34(41)42)20(6)28(38-32)15-30-22(8-2)18(4)27(36-30)14-29(21)35-25;2*6-1-4(9)5(2-7)3-8/h7-8,13-16,35,38H,1-2,9-12H2,3-6H3,(H,39,40)(H,41,42);2*6-8H,1-3H2. The van der Waals surface area contributed by atoms with E-state index >= 15 is 0 Å². The summed E-state index contributed by atoms with van der Waals surface area (Å²) in [6, 6.07) is 7.88. The number of nitrogens with zero attached hydrogens (tertiary/aromatic N) is 4. The van der Waals surface area contributed by atoms with Gasteiger partial charge in [0.1, 0.15) is 40.1 Å². The second-order valence-electron chi connectivity index (χ2n) is 13.5. The van der Waals surface area contributed by atoms with Crippen LogP contribution in [0.3, 0.4) is 0 Å². The normalized spacial score (nSPS) is 11.9. The predicted octanol–water partition coefficient (Wildman–Crippen LogP) is 2.92. The number of fused-ring (bicyclic) bond motifs is 8. The maximum atomic E-state index is 11.5. The molecule has 0 saturated carbocycles. The highest BCUT2D eigenvalue weighted by Crippen LogP contribution is 2.36. The smallest absolute Gasteiger partial charge is 0.303 e. The second-order valence-corrected chi connectivity index (χ2v) is 13.5. The first kappa shape index (κ1) is 48.1. The molecule has 2 aliphatic rings. The number of aliphatic carboxylic acids is 2. The first-order valence-corrected chi connectivity index (χ1v) is 18.6. The summed E-state index contributed by atoms with van der Waals surface area (Å²) in [7, 11) is 0. The first-order valence-electron chi connectivity index (χ1n) is 18.6. The second kappa shape index (κ2) is 22.2. The summed E-state index contributed by atoms with van der Waals surface area (Å²) in [6.45, 7) is 12.4. The van der Waals surface area contributed by atoms with E-state index < -0.39 is 63.9 Å². The van der Waals surface area contributed by atoms with Crippen LogP contribution in [0.1, 0.15) is 78.1 Å². The van der Waals surface area contributed by atoms with Crippen LogP contribution in [0.2, 0.25) is 0 Å². The Kier molecular flexibility index (Phi) is 17.8. The minimum Gasteiger partial charge on any atom is -0.481 e. The van der Waals surface area contributed by atoms with Crippen molar-refractivity contribution in [2.24, 2.45) is 0 Å². The van der Waals surface area contributed by atoms with Gasteiger partial charge in [-0.15, -0.1) is 0 Å². The lowest BCUT2D eigenvalue weighted by molar-refractivity contribution is -0.143. The third-order valence-electron chi connectivity index (χ3n) is 9.88. The third kappa shape index (κ3) is 11.5. The Morgan fingerprint density at radius 1 is 0.600 bits per heavy atom. The fourth-order valence-electron chi connectivity index (χ4n) is 6.37. The van der Waals surface area contributed by atoms with Crippen LogP contribution < -0.4 is 0 Å². The Hall–Kier alpha value is -6.28. The molecule has 60 heavy (non-hydrogen) atoms. The summed E-state index contributed by atoms with van der Waals surface area (Å²) in [5, 5.41) is 68.3. The number of aliphatic hydroxyl groups excluding tert-OH is 6. The number of nitrogens with one attached hydrogen (secondary N) is 2. The Labute approximate surface area is 345 Å². The zero-order valence-corrected chi connectivity index (χ0v) is 33.9. The van der Waals surface area contributed by atoms with Gasteiger partial charge in [0.15, 0.2) is 0 Å². The van der Waals surface area contributed by atoms with Crippen LogP contribution in [0.25, 0.3) is 50.4 Å². The van der Waals surface area contributed by atoms with Crippen LogP contribution in [0.4, 0.5) is 0 Å². The molecular weight excluding hydrogens is 780 g/mol. The van der Waals surface area contributed by atoms with E-state index in [9.17, 15) is 29.4 Å². The number of rotatable bonds is 14. The van der Waals surface area contributed by atoms with Crippen LogP contribution in [0, 0.1) is 13.8 Å². The molecule has 5 heterocycles. The Morgan fingerprint density at radius 2 is 1.05 bits per heavy atom. The minimum atomic E-state index is -0.883. The largest absolute Gasteiger partial charge is 0.481 e. The van der Waals surface area contributed by atoms with Crippen LogP contribution in [0.15, 0.2) is 43.5 Å². The molecule has 8 bridgehead atoms. The van der Waals surface area contributed by atoms with Crippen LogP contribution >= 0.6 is 0 Å². The zero-order chi connectivity index (χ0) is 44.8. The van der Waals surface area contributed by atoms with E-state index in [2.05, 4.69) is 23.1 Å². The highest BCUT2D eigenvalue weighted by atomic mass is 16.4. The quantitative estimate of drug-likeness (QED) is 0.105. The molecule has 3 aromatic rings. The molecule has 18 heteroatoms. The van der Waals surface area contributed by atoms with Gasteiger partial charge in [-0.2, -0.15) is 0 Å². The van der Waals surface area contributed by atoms with Gasteiger partial charge in [-0.3, -0.25) is 29.0 Å². The predicted molar refractivity (Wildman–Crippen MR) is 225 cm³/mol. The lowest BCUT2D eigenvalue weighted by Gasteiger charge is -2.13. The van der Waals surface area contributed by atoms with Crippen molar-refractivity contribution in [3.05, 3.63) is 88.5 Å². The van der Waals surface area contributed by atoms with Crippen molar-refractivity contribution in [1.82, 2.24) is 29.7 Å². The summed E-state index contributed by atoms with van der Waals surface area (Å²) < 4.78 is 0. The fraction of sp³-hybridized carbons (Fsp3) is 0.333. The molecule has 0 spiro atoms. The van der Waals surface area contributed by atoms with Crippen molar-refractivity contribution in [2.45, 2.75) is 53.4 Å². The van der Waals surface area contributed by atoms with Crippen molar-refractivity contribution < 1.29 is 60.0 Å². The number of carboxylic acid groups (broad SMARTS) is 2. The average molecular weight is 833 g/mol. The Balaban J connectivity index is 0.000000445. The number of hydrogen-bond acceptors (Lipinski definition) is 12. The molecule has 10 N–H and O–H groups in total. The van der Waals surface area contributed by atoms with Crippen LogP contribution in [-0.4, -0.2) is 134 Å². The van der Waals surface area contributed by atoms with E-state index in [1.54, 1.807) is 6.08 Å². The lowest BCUT2D eigenvalue weighted by atomic mass is 10.0. The molecule has 0 aliphatic carbocycles. The highest BCUT2D eigenvalue weighted by Gasteiger charge is 2.21. The monoisotopic (exact) mass is 832 g/mol. The van der Waals surface area contributed by atoms with Gasteiger partial charge in [0, 0.05) is 46.0 Å². The molecule has 0 radical (unpaired) electrons. The number of aromatic amines is 2. The molecular formula is C42H52N6O12. The van der Waals surface area contributed by atoms with Crippen molar-refractivity contribution in [3.63, 3.8) is 0 Å². The number of aromatic nitrogens is 4. The van der Waals surface area contributed by atoms with E-state index in [1.807, 2.05) is 58.0 Å². The van der Waals surface area contributed by atoms with Gasteiger partial charge < -0.3 is 50.8 Å². The number of carbonyl (C=O) groups is 4. The van der Waals surface area contributed by atoms with Crippen LogP contribution in [-0.2, 0) is 25.6 Å². The van der Waals surface area contributed by atoms with Gasteiger partial charge in [-0.05, 0) is 98.2 Å². The lowest BCUT2D eigenvalue weighted by Crippen LogP contribution is -2.34. The number of hydrogen-bond donors (Lipinski definition) is 10. The average Bonchev–Trinajstić information content (AvgIpc) is 3.89. The molecule has 18 nitrogen and oxygen atoms in total. The molecule has 2 aliphatic heterocycles. The SMILES string of the molecule is C=CC1=C(C)c2cc3[nH]c(cc4nc(cc5[nH]c(cc1n2)c(C)c5CCC(=O)O)C(CCC(=O)O)=C4C)c(C)c3C=C.O=C(CO)N(CO)CO.O=C(CO)N(CO)CO. The highest BCUT2D eigenvalue weighted by molar-refractivity contribution is 5.98. The number of amides is 2. The topological polar surface area (TPSA) is 294 Å². The Bertz CT molecular complexity index is 2330. The van der Waals surface area contributed by atoms with E-state index in [0.29, 0.717) is 28.3 Å². The number of allylic oxidation sites excluding steroid dienone is 5. The van der Waals surface area contributed by atoms with Crippen molar-refractivity contribution in [2.75, 3.05) is 40.1 Å². The number of carbonyl (C=O) groups excluding carboxylic acids is 2. The summed E-state index contributed by atoms with van der Waals surface area (Å²) in [5.74, 6) is -3.15. The molecule has 0 fully saturated rings. The van der Waals surface area contributed by atoms with E-state index in [1.165, 1.54) is 0 Å². The van der Waals surface area contributed by atoms with Gasteiger partial charge in [0.2, 0.25) is 0 Å². The molecule has 2 amide bonds. The van der Waals surface area contributed by atoms with Crippen LogP contribution in [0.5, 0.6) is 0 Å². The van der Waals surface area contributed by atoms with Gasteiger partial charge in [-0.1, -0.05) is 25.3 Å². The zero-order valence-electron chi connectivity index (χ0n) is 33.9. The van der Waals surface area contributed by atoms with Crippen molar-refractivity contribution >= 4 is 74.2 Å². The van der Waals surface area contributed by atoms with Gasteiger partial charge in [-0.25, -0.2) is 9.97 Å². The molecule has 0 saturated heterocycles. The van der Waals surface area contributed by atoms with Crippen molar-refractivity contribution in [1.29, 1.82) is 0 Å². The number of aliphatic hydroxyl groups is 6. The maximum absolute atomic E-state index is 11.5. The molecule has 3 aromatic heterocycles. The van der Waals surface area contributed by atoms with Gasteiger partial charge >= 0.3 is 11.9 Å². The molecule has 0 atom stereocenters. The number of H-pyrrole nitrogens is 2. The molecule has 322 valence electrons. The van der Waals surface area contributed by atoms with Crippen molar-refractivity contribution in [3.8, 4) is 0 Å². The summed E-state index contributed by atoms with van der Waals surface area (Å²) in [6.07, 6.45) is 4.22. The number of carboxylic acids is 2. The third-order valence-corrected chi connectivity index (χ3v) is 9.88. The minimum absolute atomic E-state index is 0.0259. The Morgan fingerprint density at radius 3 is 1.53 bits per heavy atom. The molecule has 0 unspecified atom stereocenters. The molecule has 0 aromatic carbocycles.